The number of halogens is 2. The van der Waals surface area contributed by atoms with Crippen LogP contribution >= 0.6 is 0 Å². The van der Waals surface area contributed by atoms with Gasteiger partial charge in [-0.1, -0.05) is 42.0 Å². The number of hydrogen-bond acceptors (Lipinski definition) is 2. The van der Waals surface area contributed by atoms with Crippen molar-refractivity contribution < 1.29 is 8.78 Å². The molecule has 4 heteroatoms. The van der Waals surface area contributed by atoms with E-state index >= 15 is 0 Å². The minimum Gasteiger partial charge on any atom is -0.298 e. The third-order valence-electron chi connectivity index (χ3n) is 5.70. The van der Waals surface area contributed by atoms with E-state index < -0.39 is 11.6 Å². The van der Waals surface area contributed by atoms with Crippen LogP contribution < -0.4 is 0 Å². The molecule has 1 aromatic heterocycles. The van der Waals surface area contributed by atoms with Gasteiger partial charge in [0.1, 0.15) is 11.6 Å². The van der Waals surface area contributed by atoms with E-state index in [1.54, 1.807) is 6.20 Å². The molecule has 0 bridgehead atoms. The monoisotopic (exact) mass is 392 g/mol. The molecule has 2 nitrogen and oxygen atoms in total. The summed E-state index contributed by atoms with van der Waals surface area (Å²) in [6.07, 6.45) is 4.26. The van der Waals surface area contributed by atoms with Gasteiger partial charge in [-0.15, -0.1) is 0 Å². The quantitative estimate of drug-likeness (QED) is 0.559. The normalized spacial score (nSPS) is 17.4. The minimum absolute atomic E-state index is 0.101. The van der Waals surface area contributed by atoms with Crippen LogP contribution in [0.1, 0.15) is 46.7 Å². The second-order valence-electron chi connectivity index (χ2n) is 8.03. The molecule has 0 radical (unpaired) electrons. The first-order valence-corrected chi connectivity index (χ1v) is 10.2. The molecule has 1 aliphatic rings. The highest BCUT2D eigenvalue weighted by atomic mass is 19.1. The summed E-state index contributed by atoms with van der Waals surface area (Å²) in [5, 5.41) is 0. The third kappa shape index (κ3) is 4.88. The van der Waals surface area contributed by atoms with Gasteiger partial charge >= 0.3 is 0 Å². The number of rotatable bonds is 5. The van der Waals surface area contributed by atoms with Crippen LogP contribution in [0.4, 0.5) is 8.78 Å². The van der Waals surface area contributed by atoms with Crippen LogP contribution in [-0.4, -0.2) is 23.0 Å². The van der Waals surface area contributed by atoms with Crippen molar-refractivity contribution in [3.05, 3.63) is 100 Å². The van der Waals surface area contributed by atoms with Crippen LogP contribution in [0.5, 0.6) is 0 Å². The Kier molecular flexibility index (Phi) is 6.00. The zero-order valence-electron chi connectivity index (χ0n) is 16.7. The molecule has 0 N–H and O–H groups in total. The van der Waals surface area contributed by atoms with Crippen molar-refractivity contribution in [2.75, 3.05) is 13.1 Å². The molecule has 1 saturated heterocycles. The van der Waals surface area contributed by atoms with E-state index in [1.807, 2.05) is 12.1 Å². The number of hydrogen-bond donors (Lipinski definition) is 0. The molecule has 0 spiro atoms. The summed E-state index contributed by atoms with van der Waals surface area (Å²) in [6, 6.07) is 16.6. The Labute approximate surface area is 171 Å². The maximum atomic E-state index is 13.9. The van der Waals surface area contributed by atoms with Crippen LogP contribution in [0.3, 0.4) is 0 Å². The Bertz CT molecular complexity index is 949. The van der Waals surface area contributed by atoms with E-state index in [2.05, 4.69) is 41.1 Å². The molecule has 1 fully saturated rings. The van der Waals surface area contributed by atoms with Gasteiger partial charge in [0, 0.05) is 42.9 Å². The SMILES string of the molecule is Cc1cccc(CN2CCC[C@H](c3ccc(Cc4c(F)cccc4F)cn3)C2)c1. The second-order valence-corrected chi connectivity index (χ2v) is 8.03. The molecule has 2 heterocycles. The average molecular weight is 392 g/mol. The lowest BCUT2D eigenvalue weighted by atomic mass is 9.93. The molecule has 1 aliphatic heterocycles. The molecule has 29 heavy (non-hydrogen) atoms. The summed E-state index contributed by atoms with van der Waals surface area (Å²) in [4.78, 5) is 7.14. The fourth-order valence-electron chi connectivity index (χ4n) is 4.20. The summed E-state index contributed by atoms with van der Waals surface area (Å²) in [5.41, 5.74) is 4.63. The number of benzene rings is 2. The molecule has 3 aromatic rings. The van der Waals surface area contributed by atoms with Gasteiger partial charge in [0.2, 0.25) is 0 Å². The van der Waals surface area contributed by atoms with Crippen molar-refractivity contribution in [3.63, 3.8) is 0 Å². The van der Waals surface area contributed by atoms with E-state index in [-0.39, 0.29) is 12.0 Å². The Balaban J connectivity index is 1.42. The maximum Gasteiger partial charge on any atom is 0.129 e. The number of aryl methyl sites for hydroxylation is 1. The predicted molar refractivity (Wildman–Crippen MR) is 112 cm³/mol. The summed E-state index contributed by atoms with van der Waals surface area (Å²) in [5.74, 6) is -0.617. The standard InChI is InChI=1S/C25H26F2N2/c1-18-5-2-6-20(13-18)16-29-12-4-7-21(17-29)25-11-10-19(15-28-25)14-22-23(26)8-3-9-24(22)27/h2-3,5-6,8-11,13,15,21H,4,7,12,14,16-17H2,1H3/t21-/m0/s1. The van der Waals surface area contributed by atoms with Crippen LogP contribution in [0.15, 0.2) is 60.8 Å². The average Bonchev–Trinajstić information content (AvgIpc) is 2.72. The van der Waals surface area contributed by atoms with Gasteiger partial charge in [-0.25, -0.2) is 8.78 Å². The summed E-state index contributed by atoms with van der Waals surface area (Å²) in [6.45, 7) is 5.18. The van der Waals surface area contributed by atoms with Gasteiger partial charge in [-0.2, -0.15) is 0 Å². The van der Waals surface area contributed by atoms with Crippen molar-refractivity contribution in [1.29, 1.82) is 0 Å². The summed E-state index contributed by atoms with van der Waals surface area (Å²) < 4.78 is 27.8. The van der Waals surface area contributed by atoms with Gasteiger partial charge in [-0.05, 0) is 55.6 Å². The van der Waals surface area contributed by atoms with Gasteiger partial charge in [0.25, 0.3) is 0 Å². The number of aromatic nitrogens is 1. The Morgan fingerprint density at radius 2 is 1.79 bits per heavy atom. The first-order valence-electron chi connectivity index (χ1n) is 10.2. The molecular formula is C25H26F2N2. The number of piperidine rings is 1. The number of pyridine rings is 1. The minimum atomic E-state index is -0.506. The lowest BCUT2D eigenvalue weighted by Crippen LogP contribution is -2.34. The molecule has 4 rings (SSSR count). The van der Waals surface area contributed by atoms with Gasteiger partial charge in [-0.3, -0.25) is 9.88 Å². The van der Waals surface area contributed by atoms with Crippen molar-refractivity contribution in [2.24, 2.45) is 0 Å². The Morgan fingerprint density at radius 1 is 1.00 bits per heavy atom. The van der Waals surface area contributed by atoms with Crippen molar-refractivity contribution in [2.45, 2.75) is 38.6 Å². The van der Waals surface area contributed by atoms with Gasteiger partial charge in [0.15, 0.2) is 0 Å². The summed E-state index contributed by atoms with van der Waals surface area (Å²) >= 11 is 0. The number of nitrogens with zero attached hydrogens (tertiary/aromatic N) is 2. The topological polar surface area (TPSA) is 16.1 Å². The predicted octanol–water partition coefficient (Wildman–Crippen LogP) is 5.64. The van der Waals surface area contributed by atoms with E-state index in [4.69, 9.17) is 0 Å². The first-order chi connectivity index (χ1) is 14.1. The fraction of sp³-hybridized carbons (Fsp3) is 0.320. The molecular weight excluding hydrogens is 366 g/mol. The third-order valence-corrected chi connectivity index (χ3v) is 5.70. The highest BCUT2D eigenvalue weighted by Gasteiger charge is 2.22. The van der Waals surface area contributed by atoms with Crippen LogP contribution in [-0.2, 0) is 13.0 Å². The molecule has 0 saturated carbocycles. The van der Waals surface area contributed by atoms with E-state index in [0.29, 0.717) is 5.92 Å². The van der Waals surface area contributed by atoms with E-state index in [0.717, 1.165) is 43.7 Å². The lowest BCUT2D eigenvalue weighted by Gasteiger charge is -2.32. The molecule has 150 valence electrons. The number of likely N-dealkylation sites (tertiary alicyclic amines) is 1. The van der Waals surface area contributed by atoms with Crippen LogP contribution in [0.25, 0.3) is 0 Å². The maximum absolute atomic E-state index is 13.9. The van der Waals surface area contributed by atoms with Crippen LogP contribution in [0.2, 0.25) is 0 Å². The molecule has 2 aromatic carbocycles. The Hall–Kier alpha value is -2.59. The smallest absolute Gasteiger partial charge is 0.129 e. The van der Waals surface area contributed by atoms with Crippen molar-refractivity contribution in [3.8, 4) is 0 Å². The summed E-state index contributed by atoms with van der Waals surface area (Å²) in [7, 11) is 0. The fourth-order valence-corrected chi connectivity index (χ4v) is 4.20. The largest absolute Gasteiger partial charge is 0.298 e. The lowest BCUT2D eigenvalue weighted by molar-refractivity contribution is 0.198. The van der Waals surface area contributed by atoms with Crippen molar-refractivity contribution >= 4 is 0 Å². The zero-order valence-corrected chi connectivity index (χ0v) is 16.7. The Morgan fingerprint density at radius 3 is 2.52 bits per heavy atom. The molecule has 0 unspecified atom stereocenters. The molecule has 1 atom stereocenters. The molecule has 0 amide bonds. The van der Waals surface area contributed by atoms with Gasteiger partial charge in [0.05, 0.1) is 0 Å². The van der Waals surface area contributed by atoms with Gasteiger partial charge < -0.3 is 0 Å². The second kappa shape index (κ2) is 8.83. The first kappa shape index (κ1) is 19.7. The van der Waals surface area contributed by atoms with E-state index in [1.165, 1.54) is 29.3 Å². The zero-order chi connectivity index (χ0) is 20.2. The van der Waals surface area contributed by atoms with Crippen molar-refractivity contribution in [1.82, 2.24) is 9.88 Å². The highest BCUT2D eigenvalue weighted by molar-refractivity contribution is 5.28. The van der Waals surface area contributed by atoms with E-state index in [9.17, 15) is 8.78 Å². The molecule has 0 aliphatic carbocycles. The van der Waals surface area contributed by atoms with Crippen LogP contribution in [0, 0.1) is 18.6 Å². The highest BCUT2D eigenvalue weighted by Crippen LogP contribution is 2.27.